The fourth-order valence-electron chi connectivity index (χ4n) is 5.82. The van der Waals surface area contributed by atoms with Crippen molar-refractivity contribution >= 4 is 28.5 Å². The number of rotatable bonds is 17. The second kappa shape index (κ2) is 19.8. The SMILES string of the molecule is CC(=O)N[C@H]1[C@H](OC[C@@H](O)[C@H](O)[C@H](O[C@@H]2O[C@H](CO)[C@H](O)[C@H](O)[C@H]2O[C@@H]2O[C@@H](C)[C@@H](O)[C@@H](O)[C@@H]2O)[C@H](C=O)NC(C)=O)O[C@H](COS(=O)(=O)O)[C@@H](O)[C@@H]1O. The molecule has 314 valence electrons. The van der Waals surface area contributed by atoms with Gasteiger partial charge < -0.3 is 94.9 Å². The molecule has 0 saturated carbocycles. The topological polar surface area (TPSA) is 397 Å². The predicted octanol–water partition coefficient (Wildman–Crippen LogP) is -8.76. The van der Waals surface area contributed by atoms with Crippen molar-refractivity contribution in [2.45, 2.75) is 137 Å². The molecule has 3 fully saturated rings. The monoisotopic (exact) mass is 812 g/mol. The standard InChI is InChI=1S/C28H48N2O23S/c1-8-16(36)21(41)23(43)27(49-8)53-25-22(42)18(38)13(5-32)50-28(25)52-24(11(4-31)29-9(2)33)17(37)12(35)6-47-26-15(30-10(3)34)20(40)19(39)14(51-26)7-48-54(44,45)46/h4,8,11-28,32,35-43H,5-7H2,1-3H3,(H,29,33)(H,30,34)(H,44,45,46)/t8-,11-,12+,13+,14+,15+,16+,17-,18-,19+,20+,21+,22-,23-,24+,25+,26+,27-,28-/m0/s1. The first-order valence-corrected chi connectivity index (χ1v) is 17.7. The highest BCUT2D eigenvalue weighted by molar-refractivity contribution is 7.80. The van der Waals surface area contributed by atoms with E-state index in [0.717, 1.165) is 13.8 Å². The summed E-state index contributed by atoms with van der Waals surface area (Å²) >= 11 is 0. The van der Waals surface area contributed by atoms with Crippen LogP contribution in [-0.4, -0.2) is 218 Å². The van der Waals surface area contributed by atoms with E-state index in [0.29, 0.717) is 0 Å². The van der Waals surface area contributed by atoms with Crippen LogP contribution in [0.25, 0.3) is 0 Å². The molecule has 0 aromatic rings. The molecule has 3 saturated heterocycles. The number of aliphatic hydroxyl groups excluding tert-OH is 10. The number of aldehydes is 1. The third-order valence-electron chi connectivity index (χ3n) is 8.70. The van der Waals surface area contributed by atoms with Gasteiger partial charge in [-0.2, -0.15) is 8.42 Å². The normalized spacial score (nSPS) is 39.9. The zero-order valence-corrected chi connectivity index (χ0v) is 29.7. The van der Waals surface area contributed by atoms with Crippen LogP contribution in [0, 0.1) is 0 Å². The molecule has 19 atom stereocenters. The van der Waals surface area contributed by atoms with E-state index in [1.165, 1.54) is 6.92 Å². The molecule has 0 bridgehead atoms. The summed E-state index contributed by atoms with van der Waals surface area (Å²) in [6.07, 6.45) is -31.8. The van der Waals surface area contributed by atoms with Crippen LogP contribution in [-0.2, 0) is 57.4 Å². The van der Waals surface area contributed by atoms with Crippen LogP contribution in [0.3, 0.4) is 0 Å². The summed E-state index contributed by atoms with van der Waals surface area (Å²) in [7, 11) is -5.06. The summed E-state index contributed by atoms with van der Waals surface area (Å²) in [6, 6.07) is -3.45. The van der Waals surface area contributed by atoms with Gasteiger partial charge in [0.1, 0.15) is 97.7 Å². The predicted molar refractivity (Wildman–Crippen MR) is 167 cm³/mol. The maximum absolute atomic E-state index is 12.2. The van der Waals surface area contributed by atoms with Gasteiger partial charge in [0.2, 0.25) is 11.8 Å². The number of hydrogen-bond acceptors (Lipinski definition) is 22. The van der Waals surface area contributed by atoms with Crippen molar-refractivity contribution in [3.05, 3.63) is 0 Å². The summed E-state index contributed by atoms with van der Waals surface area (Å²) in [5, 5.41) is 110. The Morgan fingerprint density at radius 1 is 0.815 bits per heavy atom. The van der Waals surface area contributed by atoms with Crippen LogP contribution in [0.2, 0.25) is 0 Å². The molecule has 0 aromatic heterocycles. The molecule has 0 spiro atoms. The summed E-state index contributed by atoms with van der Waals surface area (Å²) < 4.78 is 68.4. The van der Waals surface area contributed by atoms with Crippen molar-refractivity contribution in [2.24, 2.45) is 0 Å². The number of aliphatic hydroxyl groups is 10. The fraction of sp³-hybridized carbons (Fsp3) is 0.893. The Kier molecular flexibility index (Phi) is 17.0. The number of nitrogens with one attached hydrogen (secondary N) is 2. The van der Waals surface area contributed by atoms with Crippen LogP contribution in [0.15, 0.2) is 0 Å². The van der Waals surface area contributed by atoms with Gasteiger partial charge in [0, 0.05) is 13.8 Å². The Labute approximate surface area is 307 Å². The van der Waals surface area contributed by atoms with E-state index in [4.69, 9.17) is 33.0 Å². The smallest absolute Gasteiger partial charge is 0.394 e. The van der Waals surface area contributed by atoms with Crippen molar-refractivity contribution in [1.82, 2.24) is 10.6 Å². The maximum atomic E-state index is 12.2. The highest BCUT2D eigenvalue weighted by Gasteiger charge is 2.52. The summed E-state index contributed by atoms with van der Waals surface area (Å²) in [4.78, 5) is 36.0. The minimum absolute atomic E-state index is 0.0679. The Hall–Kier alpha value is -2.16. The molecule has 3 heterocycles. The third-order valence-corrected chi connectivity index (χ3v) is 9.13. The van der Waals surface area contributed by atoms with E-state index in [2.05, 4.69) is 14.8 Å². The van der Waals surface area contributed by atoms with E-state index in [1.807, 2.05) is 0 Å². The van der Waals surface area contributed by atoms with Gasteiger partial charge >= 0.3 is 10.4 Å². The van der Waals surface area contributed by atoms with E-state index in [1.54, 1.807) is 0 Å². The first-order valence-electron chi connectivity index (χ1n) is 16.3. The summed E-state index contributed by atoms with van der Waals surface area (Å²) in [5.41, 5.74) is 0. The van der Waals surface area contributed by atoms with Crippen LogP contribution >= 0.6 is 0 Å². The molecule has 25 nitrogen and oxygen atoms in total. The largest absolute Gasteiger partial charge is 0.397 e. The van der Waals surface area contributed by atoms with Crippen molar-refractivity contribution in [3.8, 4) is 0 Å². The van der Waals surface area contributed by atoms with Gasteiger partial charge in [-0.05, 0) is 6.92 Å². The highest BCUT2D eigenvalue weighted by atomic mass is 32.3. The number of ether oxygens (including phenoxy) is 6. The molecule has 3 aliphatic heterocycles. The third kappa shape index (κ3) is 11.7. The second-order valence-corrected chi connectivity index (χ2v) is 13.9. The van der Waals surface area contributed by atoms with Crippen molar-refractivity contribution < 1.29 is 111 Å². The van der Waals surface area contributed by atoms with Crippen LogP contribution in [0.1, 0.15) is 20.8 Å². The van der Waals surface area contributed by atoms with E-state index in [-0.39, 0.29) is 6.29 Å². The molecule has 3 rings (SSSR count). The quantitative estimate of drug-likeness (QED) is 0.0479. The van der Waals surface area contributed by atoms with Crippen molar-refractivity contribution in [3.63, 3.8) is 0 Å². The lowest BCUT2D eigenvalue weighted by atomic mass is 9.96. The molecule has 13 N–H and O–H groups in total. The number of carbonyl (C=O) groups excluding carboxylic acids is 3. The number of carbonyl (C=O) groups is 3. The van der Waals surface area contributed by atoms with Crippen LogP contribution in [0.5, 0.6) is 0 Å². The summed E-state index contributed by atoms with van der Waals surface area (Å²) in [5.74, 6) is -1.64. The van der Waals surface area contributed by atoms with E-state index < -0.39 is 158 Å². The zero-order chi connectivity index (χ0) is 40.8. The Morgan fingerprint density at radius 2 is 1.43 bits per heavy atom. The molecule has 54 heavy (non-hydrogen) atoms. The van der Waals surface area contributed by atoms with Gasteiger partial charge in [0.25, 0.3) is 0 Å². The van der Waals surface area contributed by atoms with Gasteiger partial charge in [-0.1, -0.05) is 0 Å². The average Bonchev–Trinajstić information content (AvgIpc) is 3.10. The molecule has 0 unspecified atom stereocenters. The molecular formula is C28H48N2O23S. The van der Waals surface area contributed by atoms with Crippen molar-refractivity contribution in [1.29, 1.82) is 0 Å². The highest BCUT2D eigenvalue weighted by Crippen LogP contribution is 2.31. The molecule has 0 radical (unpaired) electrons. The minimum atomic E-state index is -5.06. The Balaban J connectivity index is 1.90. The molecule has 3 aliphatic rings. The minimum Gasteiger partial charge on any atom is -0.394 e. The lowest BCUT2D eigenvalue weighted by Gasteiger charge is -2.47. The number of hydrogen-bond donors (Lipinski definition) is 13. The molecule has 0 aromatic carbocycles. The first kappa shape index (κ1) is 46.2. The van der Waals surface area contributed by atoms with Gasteiger partial charge in [0.05, 0.1) is 25.9 Å². The van der Waals surface area contributed by atoms with Gasteiger partial charge in [-0.3, -0.25) is 14.1 Å². The average molecular weight is 813 g/mol. The molecule has 2 amide bonds. The number of amides is 2. The Morgan fingerprint density at radius 3 is 1.98 bits per heavy atom. The molecule has 0 aliphatic carbocycles. The van der Waals surface area contributed by atoms with Gasteiger partial charge in [-0.15, -0.1) is 0 Å². The first-order chi connectivity index (χ1) is 25.1. The Bertz CT molecular complexity index is 1350. The van der Waals surface area contributed by atoms with Crippen LogP contribution < -0.4 is 10.6 Å². The van der Waals surface area contributed by atoms with E-state index >= 15 is 0 Å². The van der Waals surface area contributed by atoms with Crippen molar-refractivity contribution in [2.75, 3.05) is 19.8 Å². The summed E-state index contributed by atoms with van der Waals surface area (Å²) in [6.45, 7) is 0.242. The maximum Gasteiger partial charge on any atom is 0.397 e. The fourth-order valence-corrected chi connectivity index (χ4v) is 6.12. The van der Waals surface area contributed by atoms with Gasteiger partial charge in [0.15, 0.2) is 18.9 Å². The molecular weight excluding hydrogens is 764 g/mol. The lowest BCUT2D eigenvalue weighted by molar-refractivity contribution is -0.373. The van der Waals surface area contributed by atoms with E-state index in [9.17, 15) is 73.9 Å². The lowest BCUT2D eigenvalue weighted by Crippen LogP contribution is -2.66. The molecule has 26 heteroatoms. The van der Waals surface area contributed by atoms with Crippen LogP contribution in [0.4, 0.5) is 0 Å². The van der Waals surface area contributed by atoms with Gasteiger partial charge in [-0.25, -0.2) is 4.18 Å². The zero-order valence-electron chi connectivity index (χ0n) is 28.9. The second-order valence-electron chi connectivity index (χ2n) is 12.8.